The van der Waals surface area contributed by atoms with Gasteiger partial charge < -0.3 is 4.98 Å². The van der Waals surface area contributed by atoms with E-state index in [1.807, 2.05) is 12.1 Å². The van der Waals surface area contributed by atoms with E-state index in [9.17, 15) is 4.79 Å². The topological polar surface area (TPSA) is 45.8 Å². The molecule has 3 nitrogen and oxygen atoms in total. The van der Waals surface area contributed by atoms with Crippen LogP contribution in [0.3, 0.4) is 0 Å². The maximum absolute atomic E-state index is 11.9. The summed E-state index contributed by atoms with van der Waals surface area (Å²) >= 11 is 9.39. The number of rotatable bonds is 2. The van der Waals surface area contributed by atoms with Crippen LogP contribution in [0.5, 0.6) is 0 Å². The van der Waals surface area contributed by atoms with Gasteiger partial charge in [0.2, 0.25) is 0 Å². The Hall–Kier alpha value is -1.13. The van der Waals surface area contributed by atoms with Crippen LogP contribution >= 0.6 is 27.5 Å². The summed E-state index contributed by atoms with van der Waals surface area (Å²) in [5.41, 5.74) is 1.67. The van der Waals surface area contributed by atoms with Gasteiger partial charge in [0.15, 0.2) is 0 Å². The van der Waals surface area contributed by atoms with Crippen molar-refractivity contribution in [3.05, 3.63) is 49.8 Å². The summed E-state index contributed by atoms with van der Waals surface area (Å²) in [7, 11) is 0. The van der Waals surface area contributed by atoms with Gasteiger partial charge in [-0.2, -0.15) is 0 Å². The second-order valence-electron chi connectivity index (χ2n) is 5.13. The summed E-state index contributed by atoms with van der Waals surface area (Å²) in [6, 6.07) is 7.16. The number of H-pyrrole nitrogens is 1. The van der Waals surface area contributed by atoms with Crippen molar-refractivity contribution in [2.75, 3.05) is 0 Å². The molecule has 2 aromatic rings. The predicted molar refractivity (Wildman–Crippen MR) is 84.2 cm³/mol. The molecule has 104 valence electrons. The van der Waals surface area contributed by atoms with Crippen molar-refractivity contribution in [2.24, 2.45) is 0 Å². The standard InChI is InChI=1S/C15H14BrClN2O/c16-11-7-10(5-6-12(11)17)15-18-13(8-14(20)19-15)9-3-1-2-4-9/h5-9H,1-4H2,(H,18,19,20). The van der Waals surface area contributed by atoms with Crippen molar-refractivity contribution < 1.29 is 0 Å². The van der Waals surface area contributed by atoms with Crippen molar-refractivity contribution in [3.63, 3.8) is 0 Å². The average molecular weight is 354 g/mol. The van der Waals surface area contributed by atoms with E-state index < -0.39 is 0 Å². The van der Waals surface area contributed by atoms with Gasteiger partial charge in [-0.3, -0.25) is 4.79 Å². The molecule has 0 unspecified atom stereocenters. The quantitative estimate of drug-likeness (QED) is 0.863. The first-order valence-electron chi connectivity index (χ1n) is 6.70. The molecule has 1 aliphatic rings. The van der Waals surface area contributed by atoms with Crippen LogP contribution in [0, 0.1) is 0 Å². The second kappa shape index (κ2) is 5.70. The maximum Gasteiger partial charge on any atom is 0.251 e. The predicted octanol–water partition coefficient (Wildman–Crippen LogP) is 4.51. The van der Waals surface area contributed by atoms with Gasteiger partial charge in [0.25, 0.3) is 5.56 Å². The molecule has 5 heteroatoms. The smallest absolute Gasteiger partial charge is 0.251 e. The van der Waals surface area contributed by atoms with Crippen LogP contribution in [0.25, 0.3) is 11.4 Å². The largest absolute Gasteiger partial charge is 0.307 e. The number of nitrogens with zero attached hydrogens (tertiary/aromatic N) is 1. The average Bonchev–Trinajstić information content (AvgIpc) is 2.95. The van der Waals surface area contributed by atoms with Gasteiger partial charge in [-0.05, 0) is 47.0 Å². The zero-order valence-electron chi connectivity index (χ0n) is 10.8. The van der Waals surface area contributed by atoms with Crippen LogP contribution in [0.1, 0.15) is 37.3 Å². The first-order chi connectivity index (χ1) is 9.63. The molecule has 0 atom stereocenters. The molecule has 20 heavy (non-hydrogen) atoms. The lowest BCUT2D eigenvalue weighted by atomic mass is 10.0. The fourth-order valence-electron chi connectivity index (χ4n) is 2.69. The van der Waals surface area contributed by atoms with E-state index in [1.165, 1.54) is 12.8 Å². The summed E-state index contributed by atoms with van der Waals surface area (Å²) in [5, 5.41) is 0.642. The number of aromatic nitrogens is 2. The van der Waals surface area contributed by atoms with E-state index >= 15 is 0 Å². The van der Waals surface area contributed by atoms with Crippen molar-refractivity contribution in [1.29, 1.82) is 0 Å². The first-order valence-corrected chi connectivity index (χ1v) is 7.87. The Morgan fingerprint density at radius 2 is 2.00 bits per heavy atom. The molecule has 0 aliphatic heterocycles. The Balaban J connectivity index is 2.04. The minimum Gasteiger partial charge on any atom is -0.307 e. The highest BCUT2D eigenvalue weighted by Gasteiger charge is 2.19. The van der Waals surface area contributed by atoms with E-state index in [4.69, 9.17) is 11.6 Å². The van der Waals surface area contributed by atoms with Crippen LogP contribution in [0.4, 0.5) is 0 Å². The van der Waals surface area contributed by atoms with Crippen LogP contribution in [-0.2, 0) is 0 Å². The minimum atomic E-state index is -0.0945. The lowest BCUT2D eigenvalue weighted by molar-refractivity contribution is 0.693. The highest BCUT2D eigenvalue weighted by molar-refractivity contribution is 9.10. The highest BCUT2D eigenvalue weighted by atomic mass is 79.9. The van der Waals surface area contributed by atoms with Crippen LogP contribution in [-0.4, -0.2) is 9.97 Å². The third-order valence-corrected chi connectivity index (χ3v) is 4.94. The molecule has 1 N–H and O–H groups in total. The lowest BCUT2D eigenvalue weighted by Crippen LogP contribution is -2.12. The summed E-state index contributed by atoms with van der Waals surface area (Å²) in [6.45, 7) is 0. The molecular weight excluding hydrogens is 340 g/mol. The van der Waals surface area contributed by atoms with Gasteiger partial charge in [-0.25, -0.2) is 4.98 Å². The van der Waals surface area contributed by atoms with Gasteiger partial charge in [0.05, 0.1) is 10.7 Å². The van der Waals surface area contributed by atoms with Crippen LogP contribution < -0.4 is 5.56 Å². The summed E-state index contributed by atoms with van der Waals surface area (Å²) in [5.74, 6) is 1.03. The van der Waals surface area contributed by atoms with E-state index in [-0.39, 0.29) is 5.56 Å². The Bertz CT molecular complexity index is 693. The van der Waals surface area contributed by atoms with Crippen molar-refractivity contribution in [3.8, 4) is 11.4 Å². The minimum absolute atomic E-state index is 0.0945. The molecule has 0 amide bonds. The van der Waals surface area contributed by atoms with Crippen LogP contribution in [0.15, 0.2) is 33.5 Å². The molecule has 1 aliphatic carbocycles. The normalized spacial score (nSPS) is 15.7. The maximum atomic E-state index is 11.9. The molecule has 1 aromatic heterocycles. The summed E-state index contributed by atoms with van der Waals surface area (Å²) in [6.07, 6.45) is 4.70. The molecule has 3 rings (SSSR count). The SMILES string of the molecule is O=c1cc(C2CCCC2)nc(-c2ccc(Cl)c(Br)c2)[nH]1. The van der Waals surface area contributed by atoms with Crippen molar-refractivity contribution >= 4 is 27.5 Å². The molecule has 0 bridgehead atoms. The van der Waals surface area contributed by atoms with E-state index in [1.54, 1.807) is 12.1 Å². The zero-order chi connectivity index (χ0) is 14.1. The number of hydrogen-bond acceptors (Lipinski definition) is 2. The fraction of sp³-hybridized carbons (Fsp3) is 0.333. The summed E-state index contributed by atoms with van der Waals surface area (Å²) in [4.78, 5) is 19.3. The molecular formula is C15H14BrClN2O. The first kappa shape index (κ1) is 13.8. The van der Waals surface area contributed by atoms with E-state index in [0.29, 0.717) is 16.8 Å². The fourth-order valence-corrected chi connectivity index (χ4v) is 3.18. The van der Waals surface area contributed by atoms with Gasteiger partial charge in [-0.1, -0.05) is 24.4 Å². The van der Waals surface area contributed by atoms with Gasteiger partial charge in [-0.15, -0.1) is 0 Å². The number of nitrogens with one attached hydrogen (secondary N) is 1. The third-order valence-electron chi connectivity index (χ3n) is 3.73. The van der Waals surface area contributed by atoms with E-state index in [0.717, 1.165) is 28.6 Å². The molecule has 0 radical (unpaired) electrons. The number of aromatic amines is 1. The Kier molecular flexibility index (Phi) is 3.94. The zero-order valence-corrected chi connectivity index (χ0v) is 13.2. The van der Waals surface area contributed by atoms with Gasteiger partial charge >= 0.3 is 0 Å². The molecule has 0 saturated heterocycles. The van der Waals surface area contributed by atoms with Crippen molar-refractivity contribution in [1.82, 2.24) is 9.97 Å². The summed E-state index contributed by atoms with van der Waals surface area (Å²) < 4.78 is 0.797. The highest BCUT2D eigenvalue weighted by Crippen LogP contribution is 2.33. The molecule has 0 spiro atoms. The lowest BCUT2D eigenvalue weighted by Gasteiger charge is -2.10. The molecule has 1 heterocycles. The molecule has 1 fully saturated rings. The third kappa shape index (κ3) is 2.81. The Morgan fingerprint density at radius 3 is 2.70 bits per heavy atom. The van der Waals surface area contributed by atoms with Crippen LogP contribution in [0.2, 0.25) is 5.02 Å². The number of benzene rings is 1. The van der Waals surface area contributed by atoms with Gasteiger partial charge in [0.1, 0.15) is 5.82 Å². The van der Waals surface area contributed by atoms with E-state index in [2.05, 4.69) is 25.9 Å². The van der Waals surface area contributed by atoms with Crippen molar-refractivity contribution in [2.45, 2.75) is 31.6 Å². The Labute approximate surface area is 130 Å². The van der Waals surface area contributed by atoms with Gasteiger partial charge in [0, 0.05) is 22.0 Å². The number of hydrogen-bond donors (Lipinski definition) is 1. The number of halogens is 2. The Morgan fingerprint density at radius 1 is 1.25 bits per heavy atom. The second-order valence-corrected chi connectivity index (χ2v) is 6.39. The molecule has 1 saturated carbocycles. The monoisotopic (exact) mass is 352 g/mol. The molecule has 1 aromatic carbocycles.